The molecule has 2 fully saturated rings. The predicted octanol–water partition coefficient (Wildman–Crippen LogP) is 5.33. The molecule has 240 valence electrons. The summed E-state index contributed by atoms with van der Waals surface area (Å²) in [5.41, 5.74) is 6.10. The van der Waals surface area contributed by atoms with Crippen LogP contribution in [-0.4, -0.2) is 83.5 Å². The van der Waals surface area contributed by atoms with E-state index in [9.17, 15) is 9.59 Å². The van der Waals surface area contributed by atoms with Crippen molar-refractivity contribution in [1.29, 1.82) is 0 Å². The molecular weight excluding hydrogens is 564 g/mol. The highest BCUT2D eigenvalue weighted by atomic mass is 16.5. The maximum absolute atomic E-state index is 13.2. The summed E-state index contributed by atoms with van der Waals surface area (Å²) in [5.74, 6) is 0.699. The van der Waals surface area contributed by atoms with Crippen molar-refractivity contribution in [3.05, 3.63) is 82.4 Å². The summed E-state index contributed by atoms with van der Waals surface area (Å²) in [7, 11) is 1.70. The third-order valence-electron chi connectivity index (χ3n) is 9.54. The minimum atomic E-state index is -0.121. The van der Waals surface area contributed by atoms with Gasteiger partial charge in [0.2, 0.25) is 0 Å². The summed E-state index contributed by atoms with van der Waals surface area (Å²) in [5, 5.41) is 3.12. The van der Waals surface area contributed by atoms with Crippen LogP contribution < -0.4 is 15.0 Å². The number of ether oxygens (including phenoxy) is 1. The van der Waals surface area contributed by atoms with Gasteiger partial charge >= 0.3 is 0 Å². The molecule has 0 radical (unpaired) electrons. The largest absolute Gasteiger partial charge is 0.497 e. The highest BCUT2D eigenvalue weighted by molar-refractivity contribution is 5.98. The van der Waals surface area contributed by atoms with E-state index in [-0.39, 0.29) is 11.8 Å². The van der Waals surface area contributed by atoms with E-state index in [1.807, 2.05) is 43.3 Å². The van der Waals surface area contributed by atoms with Gasteiger partial charge in [0.15, 0.2) is 0 Å². The van der Waals surface area contributed by atoms with Crippen molar-refractivity contribution in [3.63, 3.8) is 0 Å². The molecule has 2 aliphatic heterocycles. The molecule has 4 heterocycles. The van der Waals surface area contributed by atoms with Gasteiger partial charge in [-0.1, -0.05) is 0 Å². The third kappa shape index (κ3) is 7.82. The number of pyridine rings is 2. The number of carbonyl (C=O) groups is 2. The van der Waals surface area contributed by atoms with Crippen LogP contribution in [0.3, 0.4) is 0 Å². The van der Waals surface area contributed by atoms with Gasteiger partial charge in [-0.25, -0.2) is 4.98 Å². The zero-order valence-electron chi connectivity index (χ0n) is 27.5. The molecule has 1 N–H and O–H groups in total. The lowest BCUT2D eigenvalue weighted by Gasteiger charge is -2.42. The van der Waals surface area contributed by atoms with Gasteiger partial charge in [0.05, 0.1) is 18.4 Å². The van der Waals surface area contributed by atoms with Crippen molar-refractivity contribution >= 4 is 17.5 Å². The molecule has 0 aliphatic carbocycles. The summed E-state index contributed by atoms with van der Waals surface area (Å²) >= 11 is 0. The number of carbonyl (C=O) groups excluding carboxylic acids is 2. The molecular formula is C36H48N6O3. The van der Waals surface area contributed by atoms with Crippen LogP contribution in [0, 0.1) is 20.8 Å². The van der Waals surface area contributed by atoms with Gasteiger partial charge < -0.3 is 24.8 Å². The molecule has 2 aliphatic rings. The Morgan fingerprint density at radius 3 is 2.38 bits per heavy atom. The van der Waals surface area contributed by atoms with Crippen LogP contribution in [0.5, 0.6) is 5.75 Å². The molecule has 2 amide bonds. The Morgan fingerprint density at radius 2 is 1.73 bits per heavy atom. The van der Waals surface area contributed by atoms with Crippen molar-refractivity contribution in [2.45, 2.75) is 78.4 Å². The second kappa shape index (κ2) is 14.9. The Hall–Kier alpha value is -3.98. The van der Waals surface area contributed by atoms with E-state index < -0.39 is 0 Å². The topological polar surface area (TPSA) is 90.9 Å². The molecule has 9 nitrogen and oxygen atoms in total. The van der Waals surface area contributed by atoms with E-state index >= 15 is 0 Å². The summed E-state index contributed by atoms with van der Waals surface area (Å²) < 4.78 is 5.41. The van der Waals surface area contributed by atoms with Gasteiger partial charge in [-0.05, 0) is 113 Å². The van der Waals surface area contributed by atoms with Crippen molar-refractivity contribution in [2.75, 3.05) is 44.7 Å². The Balaban J connectivity index is 1.15. The van der Waals surface area contributed by atoms with Crippen LogP contribution in [0.2, 0.25) is 0 Å². The van der Waals surface area contributed by atoms with Crippen molar-refractivity contribution in [3.8, 4) is 5.75 Å². The first-order valence-corrected chi connectivity index (χ1v) is 16.3. The molecule has 1 atom stereocenters. The van der Waals surface area contributed by atoms with Gasteiger partial charge in [0.25, 0.3) is 11.8 Å². The smallest absolute Gasteiger partial charge is 0.272 e. The van der Waals surface area contributed by atoms with Crippen LogP contribution >= 0.6 is 0 Å². The van der Waals surface area contributed by atoms with Gasteiger partial charge in [-0.2, -0.15) is 0 Å². The first-order valence-electron chi connectivity index (χ1n) is 16.3. The first kappa shape index (κ1) is 32.4. The van der Waals surface area contributed by atoms with E-state index in [0.717, 1.165) is 76.1 Å². The molecule has 9 heteroatoms. The number of amides is 2. The van der Waals surface area contributed by atoms with Crippen LogP contribution in [-0.2, 0) is 6.54 Å². The Kier molecular flexibility index (Phi) is 10.7. The number of nitrogens with one attached hydrogen (secondary N) is 1. The number of hydrogen-bond donors (Lipinski definition) is 1. The van der Waals surface area contributed by atoms with E-state index in [1.165, 1.54) is 16.8 Å². The minimum absolute atomic E-state index is 0.0393. The second-order valence-electron chi connectivity index (χ2n) is 12.6. The van der Waals surface area contributed by atoms with Crippen molar-refractivity contribution < 1.29 is 14.3 Å². The zero-order chi connectivity index (χ0) is 31.9. The van der Waals surface area contributed by atoms with Crippen molar-refractivity contribution in [2.24, 2.45) is 0 Å². The number of methoxy groups -OCH3 is 1. The maximum atomic E-state index is 13.2. The average molecular weight is 613 g/mol. The first-order chi connectivity index (χ1) is 21.7. The predicted molar refractivity (Wildman–Crippen MR) is 178 cm³/mol. The fraction of sp³-hybridized carbons (Fsp3) is 0.500. The maximum Gasteiger partial charge on any atom is 0.272 e. The van der Waals surface area contributed by atoms with E-state index in [2.05, 4.69) is 57.1 Å². The number of benzene rings is 1. The molecule has 5 rings (SSSR count). The summed E-state index contributed by atoms with van der Waals surface area (Å²) in [6.07, 6.45) is 8.90. The quantitative estimate of drug-likeness (QED) is 0.313. The van der Waals surface area contributed by atoms with Crippen LogP contribution in [0.15, 0.2) is 48.8 Å². The van der Waals surface area contributed by atoms with E-state index in [0.29, 0.717) is 35.6 Å². The van der Waals surface area contributed by atoms with Crippen LogP contribution in [0.1, 0.15) is 82.3 Å². The van der Waals surface area contributed by atoms with E-state index in [1.54, 1.807) is 13.2 Å². The van der Waals surface area contributed by atoms with Crippen LogP contribution in [0.4, 0.5) is 5.69 Å². The van der Waals surface area contributed by atoms with Crippen LogP contribution in [0.25, 0.3) is 0 Å². The lowest BCUT2D eigenvalue weighted by atomic mass is 9.99. The number of aryl methyl sites for hydroxylation is 3. The average Bonchev–Trinajstić information content (AvgIpc) is 3.59. The lowest BCUT2D eigenvalue weighted by Crippen LogP contribution is -2.48. The molecule has 1 aromatic carbocycles. The standard InChI is InChI=1S/C36H48N6O3/c1-25-12-16-37-23-29(25)24-42(30-8-10-32(45-5)11-9-30)31-14-20-40(21-15-31)27(3)13-17-38-35(43)34-26(2)22-33(39-28(34)4)36(44)41-18-6-7-19-41/h8-12,16,22-23,27,31H,6-7,13-15,17-21,24H2,1-5H3,(H,38,43). The fourth-order valence-corrected chi connectivity index (χ4v) is 6.72. The highest BCUT2D eigenvalue weighted by Crippen LogP contribution is 2.29. The van der Waals surface area contributed by atoms with Crippen molar-refractivity contribution in [1.82, 2.24) is 25.1 Å². The molecule has 2 saturated heterocycles. The number of nitrogens with zero attached hydrogens (tertiary/aromatic N) is 5. The Labute approximate surface area is 268 Å². The molecule has 0 bridgehead atoms. The Bertz CT molecular complexity index is 1440. The number of piperidine rings is 1. The summed E-state index contributed by atoms with van der Waals surface area (Å²) in [6, 6.07) is 13.0. The molecule has 1 unspecified atom stereocenters. The number of anilines is 1. The monoisotopic (exact) mass is 612 g/mol. The third-order valence-corrected chi connectivity index (χ3v) is 9.54. The summed E-state index contributed by atoms with van der Waals surface area (Å²) in [4.78, 5) is 41.8. The summed E-state index contributed by atoms with van der Waals surface area (Å²) in [6.45, 7) is 13.1. The molecule has 3 aromatic rings. The number of likely N-dealkylation sites (tertiary alicyclic amines) is 2. The van der Waals surface area contributed by atoms with E-state index in [4.69, 9.17) is 4.74 Å². The van der Waals surface area contributed by atoms with Gasteiger partial charge in [-0.3, -0.25) is 14.6 Å². The van der Waals surface area contributed by atoms with Gasteiger partial charge in [-0.15, -0.1) is 0 Å². The fourth-order valence-electron chi connectivity index (χ4n) is 6.72. The Morgan fingerprint density at radius 1 is 1.02 bits per heavy atom. The SMILES string of the molecule is COc1ccc(N(Cc2cnccc2C)C2CCN(C(C)CCNC(=O)c3c(C)cc(C(=O)N4CCCC4)nc3C)CC2)cc1. The van der Waals surface area contributed by atoms with Gasteiger partial charge in [0, 0.05) is 69.4 Å². The normalized spacial score (nSPS) is 16.4. The second-order valence-corrected chi connectivity index (χ2v) is 12.6. The minimum Gasteiger partial charge on any atom is -0.497 e. The van der Waals surface area contributed by atoms with Gasteiger partial charge in [0.1, 0.15) is 11.4 Å². The molecule has 0 spiro atoms. The lowest BCUT2D eigenvalue weighted by molar-refractivity contribution is 0.0785. The molecule has 0 saturated carbocycles. The number of hydrogen-bond acceptors (Lipinski definition) is 7. The number of aromatic nitrogens is 2. The molecule has 2 aromatic heterocycles. The highest BCUT2D eigenvalue weighted by Gasteiger charge is 2.28. The zero-order valence-corrected chi connectivity index (χ0v) is 27.5. The molecule has 45 heavy (non-hydrogen) atoms. The number of rotatable bonds is 11.